The monoisotopic (exact) mass is 298 g/mol. The number of halogens is 1. The van der Waals surface area contributed by atoms with Crippen LogP contribution in [-0.2, 0) is 13.0 Å². The van der Waals surface area contributed by atoms with E-state index < -0.39 is 0 Å². The van der Waals surface area contributed by atoms with Crippen LogP contribution in [0, 0.1) is 13.8 Å². The predicted molar refractivity (Wildman–Crippen MR) is 66.8 cm³/mol. The minimum atomic E-state index is 0.547. The van der Waals surface area contributed by atoms with E-state index in [-0.39, 0.29) is 0 Å². The molecule has 2 aromatic rings. The van der Waals surface area contributed by atoms with Crippen molar-refractivity contribution in [1.82, 2.24) is 19.9 Å². The molecule has 5 nitrogen and oxygen atoms in total. The SMILES string of the molecule is CCCc1nc(Cn2nc(C)c(Br)c2C)no1. The molecule has 6 heteroatoms. The summed E-state index contributed by atoms with van der Waals surface area (Å²) in [5.74, 6) is 1.37. The quantitative estimate of drug-likeness (QED) is 0.871. The van der Waals surface area contributed by atoms with Crippen molar-refractivity contribution in [3.8, 4) is 0 Å². The summed E-state index contributed by atoms with van der Waals surface area (Å²) in [6.45, 7) is 6.61. The van der Waals surface area contributed by atoms with Gasteiger partial charge in [-0.15, -0.1) is 0 Å². The predicted octanol–water partition coefficient (Wildman–Crippen LogP) is 2.65. The molecule has 2 rings (SSSR count). The Labute approximate surface area is 108 Å². The smallest absolute Gasteiger partial charge is 0.226 e. The highest BCUT2D eigenvalue weighted by Gasteiger charge is 2.12. The topological polar surface area (TPSA) is 56.7 Å². The molecule has 0 bridgehead atoms. The van der Waals surface area contributed by atoms with Crippen molar-refractivity contribution in [3.05, 3.63) is 27.6 Å². The minimum absolute atomic E-state index is 0.547. The van der Waals surface area contributed by atoms with E-state index in [1.165, 1.54) is 0 Å². The normalized spacial score (nSPS) is 11.1. The lowest BCUT2D eigenvalue weighted by Gasteiger charge is -1.99. The lowest BCUT2D eigenvalue weighted by Crippen LogP contribution is -2.05. The summed E-state index contributed by atoms with van der Waals surface area (Å²) in [6, 6.07) is 0. The summed E-state index contributed by atoms with van der Waals surface area (Å²) in [6.07, 6.45) is 1.83. The van der Waals surface area contributed by atoms with Crippen LogP contribution in [0.15, 0.2) is 9.00 Å². The Kier molecular flexibility index (Phi) is 3.61. The zero-order valence-corrected chi connectivity index (χ0v) is 11.8. The number of aryl methyl sites for hydroxylation is 2. The van der Waals surface area contributed by atoms with Crippen molar-refractivity contribution in [2.75, 3.05) is 0 Å². The first-order valence-corrected chi connectivity index (χ1v) is 6.42. The van der Waals surface area contributed by atoms with Crippen LogP contribution in [0.25, 0.3) is 0 Å². The summed E-state index contributed by atoms with van der Waals surface area (Å²) in [5.41, 5.74) is 2.05. The third kappa shape index (κ3) is 2.57. The van der Waals surface area contributed by atoms with Gasteiger partial charge in [-0.05, 0) is 36.2 Å². The maximum Gasteiger partial charge on any atom is 0.226 e. The molecule has 0 saturated carbocycles. The molecule has 0 saturated heterocycles. The van der Waals surface area contributed by atoms with Gasteiger partial charge in [-0.3, -0.25) is 4.68 Å². The molecule has 0 fully saturated rings. The van der Waals surface area contributed by atoms with E-state index >= 15 is 0 Å². The molecule has 0 N–H and O–H groups in total. The van der Waals surface area contributed by atoms with Gasteiger partial charge in [-0.2, -0.15) is 10.1 Å². The van der Waals surface area contributed by atoms with E-state index in [9.17, 15) is 0 Å². The van der Waals surface area contributed by atoms with Gasteiger partial charge in [-0.25, -0.2) is 0 Å². The third-order valence-electron chi connectivity index (χ3n) is 2.56. The molecule has 2 aromatic heterocycles. The summed E-state index contributed by atoms with van der Waals surface area (Å²) in [4.78, 5) is 4.32. The van der Waals surface area contributed by atoms with E-state index in [0.29, 0.717) is 18.3 Å². The van der Waals surface area contributed by atoms with Crippen molar-refractivity contribution >= 4 is 15.9 Å². The van der Waals surface area contributed by atoms with Crippen molar-refractivity contribution in [3.63, 3.8) is 0 Å². The number of hydrogen-bond acceptors (Lipinski definition) is 4. The molecular weight excluding hydrogens is 284 g/mol. The number of aromatic nitrogens is 4. The van der Waals surface area contributed by atoms with Gasteiger partial charge in [-0.1, -0.05) is 12.1 Å². The van der Waals surface area contributed by atoms with Crippen LogP contribution < -0.4 is 0 Å². The molecule has 17 heavy (non-hydrogen) atoms. The fraction of sp³-hybridized carbons (Fsp3) is 0.545. The summed E-state index contributed by atoms with van der Waals surface area (Å²) in [5, 5.41) is 8.36. The van der Waals surface area contributed by atoms with Gasteiger partial charge in [0, 0.05) is 6.42 Å². The first-order valence-electron chi connectivity index (χ1n) is 5.62. The van der Waals surface area contributed by atoms with Gasteiger partial charge in [0.1, 0.15) is 6.54 Å². The largest absolute Gasteiger partial charge is 0.339 e. The van der Waals surface area contributed by atoms with Crippen molar-refractivity contribution < 1.29 is 4.52 Å². The second-order valence-electron chi connectivity index (χ2n) is 4.00. The Bertz CT molecular complexity index is 518. The second-order valence-corrected chi connectivity index (χ2v) is 4.79. The number of hydrogen-bond donors (Lipinski definition) is 0. The van der Waals surface area contributed by atoms with E-state index in [2.05, 4.69) is 38.1 Å². The fourth-order valence-electron chi connectivity index (χ4n) is 1.63. The van der Waals surface area contributed by atoms with E-state index in [4.69, 9.17) is 4.52 Å². The van der Waals surface area contributed by atoms with Crippen LogP contribution in [0.4, 0.5) is 0 Å². The Hall–Kier alpha value is -1.17. The molecule has 92 valence electrons. The minimum Gasteiger partial charge on any atom is -0.339 e. The van der Waals surface area contributed by atoms with Crippen LogP contribution in [0.5, 0.6) is 0 Å². The zero-order chi connectivity index (χ0) is 12.4. The highest BCUT2D eigenvalue weighted by atomic mass is 79.9. The molecule has 0 aliphatic carbocycles. The van der Waals surface area contributed by atoms with E-state index in [0.717, 1.165) is 28.7 Å². The fourth-order valence-corrected chi connectivity index (χ4v) is 1.92. The van der Waals surface area contributed by atoms with Gasteiger partial charge in [0.05, 0.1) is 15.9 Å². The third-order valence-corrected chi connectivity index (χ3v) is 3.71. The maximum atomic E-state index is 5.14. The first-order chi connectivity index (χ1) is 8.11. The standard InChI is InChI=1S/C11H15BrN4O/c1-4-5-10-13-9(15-17-10)6-16-8(3)11(12)7(2)14-16/h4-6H2,1-3H3. The Morgan fingerprint density at radius 3 is 2.71 bits per heavy atom. The highest BCUT2D eigenvalue weighted by molar-refractivity contribution is 9.10. The number of nitrogens with zero attached hydrogens (tertiary/aromatic N) is 4. The lowest BCUT2D eigenvalue weighted by molar-refractivity contribution is 0.370. The zero-order valence-electron chi connectivity index (χ0n) is 10.2. The van der Waals surface area contributed by atoms with Gasteiger partial charge < -0.3 is 4.52 Å². The van der Waals surface area contributed by atoms with Crippen LogP contribution in [0.3, 0.4) is 0 Å². The molecular formula is C11H15BrN4O. The molecule has 0 spiro atoms. The van der Waals surface area contributed by atoms with E-state index in [1.54, 1.807) is 0 Å². The van der Waals surface area contributed by atoms with E-state index in [1.807, 2.05) is 18.5 Å². The van der Waals surface area contributed by atoms with Gasteiger partial charge in [0.2, 0.25) is 5.89 Å². The van der Waals surface area contributed by atoms with Crippen LogP contribution in [0.2, 0.25) is 0 Å². The first kappa shape index (κ1) is 12.3. The molecule has 0 atom stereocenters. The molecule has 0 aliphatic rings. The lowest BCUT2D eigenvalue weighted by atomic mass is 10.3. The van der Waals surface area contributed by atoms with Crippen LogP contribution in [-0.4, -0.2) is 19.9 Å². The molecule has 0 amide bonds. The molecule has 0 aliphatic heterocycles. The highest BCUT2D eigenvalue weighted by Crippen LogP contribution is 2.20. The molecule has 0 unspecified atom stereocenters. The summed E-state index contributed by atoms with van der Waals surface area (Å²) < 4.78 is 8.05. The van der Waals surface area contributed by atoms with Crippen LogP contribution in [0.1, 0.15) is 36.4 Å². The number of rotatable bonds is 4. The molecule has 2 heterocycles. The average Bonchev–Trinajstić information content (AvgIpc) is 2.82. The Morgan fingerprint density at radius 1 is 1.35 bits per heavy atom. The maximum absolute atomic E-state index is 5.14. The summed E-state index contributed by atoms with van der Waals surface area (Å²) >= 11 is 3.50. The van der Waals surface area contributed by atoms with Gasteiger partial charge in [0.25, 0.3) is 0 Å². The van der Waals surface area contributed by atoms with Crippen molar-refractivity contribution in [1.29, 1.82) is 0 Å². The summed E-state index contributed by atoms with van der Waals surface area (Å²) in [7, 11) is 0. The average molecular weight is 299 g/mol. The van der Waals surface area contributed by atoms with Gasteiger partial charge >= 0.3 is 0 Å². The van der Waals surface area contributed by atoms with Gasteiger partial charge in [0.15, 0.2) is 5.82 Å². The van der Waals surface area contributed by atoms with Crippen molar-refractivity contribution in [2.24, 2.45) is 0 Å². The van der Waals surface area contributed by atoms with Crippen molar-refractivity contribution in [2.45, 2.75) is 40.2 Å². The molecule has 0 aromatic carbocycles. The van der Waals surface area contributed by atoms with Crippen LogP contribution >= 0.6 is 15.9 Å². The second kappa shape index (κ2) is 5.00. The Balaban J connectivity index is 2.16. The Morgan fingerprint density at radius 2 is 2.12 bits per heavy atom. The molecule has 0 radical (unpaired) electrons.